The number of carbonyl (C=O) groups is 1. The van der Waals surface area contributed by atoms with Gasteiger partial charge in [-0.2, -0.15) is 5.10 Å². The van der Waals surface area contributed by atoms with E-state index in [0.29, 0.717) is 17.8 Å². The molecule has 1 amide bonds. The summed E-state index contributed by atoms with van der Waals surface area (Å²) < 4.78 is 27.6. The standard InChI is InChI=1S/C24H28N4O3S/c1-25-32(30,31)17-19-14-12-18(13-15-19)16-26-24(29)23-21-10-6-3-7-11-22(21)28(27-23)20-8-4-2-5-9-20/h2,4-5,8-9,12-15,25H,3,6-7,10-11,16-17H2,1H3,(H,26,29). The average molecular weight is 453 g/mol. The fourth-order valence-corrected chi connectivity index (χ4v) is 4.83. The molecule has 32 heavy (non-hydrogen) atoms. The van der Waals surface area contributed by atoms with Gasteiger partial charge in [0.15, 0.2) is 5.69 Å². The normalized spacial score (nSPS) is 13.9. The number of benzene rings is 2. The third-order valence-electron chi connectivity index (χ3n) is 5.79. The molecule has 1 aliphatic carbocycles. The van der Waals surface area contributed by atoms with E-state index >= 15 is 0 Å². The molecule has 1 heterocycles. The lowest BCUT2D eigenvalue weighted by molar-refractivity contribution is 0.0944. The first-order chi connectivity index (χ1) is 15.5. The van der Waals surface area contributed by atoms with E-state index in [9.17, 15) is 13.2 Å². The molecule has 0 aliphatic heterocycles. The number of para-hydroxylation sites is 1. The van der Waals surface area contributed by atoms with Crippen LogP contribution in [0.5, 0.6) is 0 Å². The number of hydrogen-bond donors (Lipinski definition) is 2. The maximum Gasteiger partial charge on any atom is 0.272 e. The van der Waals surface area contributed by atoms with Crippen molar-refractivity contribution in [3.8, 4) is 5.69 Å². The first-order valence-corrected chi connectivity index (χ1v) is 12.6. The second-order valence-electron chi connectivity index (χ2n) is 8.04. The maximum absolute atomic E-state index is 13.1. The van der Waals surface area contributed by atoms with Crippen molar-refractivity contribution in [1.29, 1.82) is 0 Å². The van der Waals surface area contributed by atoms with Gasteiger partial charge in [-0.15, -0.1) is 0 Å². The Hall–Kier alpha value is -2.97. The molecule has 0 spiro atoms. The van der Waals surface area contributed by atoms with Gasteiger partial charge in [0.1, 0.15) is 0 Å². The fourth-order valence-electron chi connectivity index (χ4n) is 4.05. The van der Waals surface area contributed by atoms with Crippen molar-refractivity contribution < 1.29 is 13.2 Å². The molecule has 4 rings (SSSR count). The number of nitrogens with one attached hydrogen (secondary N) is 2. The third-order valence-corrected chi connectivity index (χ3v) is 7.13. The van der Waals surface area contributed by atoms with Gasteiger partial charge in [-0.05, 0) is 56.0 Å². The molecule has 7 nitrogen and oxygen atoms in total. The van der Waals surface area contributed by atoms with E-state index in [-0.39, 0.29) is 11.7 Å². The Bertz CT molecular complexity index is 1190. The summed E-state index contributed by atoms with van der Waals surface area (Å²) in [5.74, 6) is -0.251. The summed E-state index contributed by atoms with van der Waals surface area (Å²) in [6, 6.07) is 17.2. The monoisotopic (exact) mass is 452 g/mol. The Kier molecular flexibility index (Phi) is 6.72. The molecule has 0 saturated carbocycles. The number of fused-ring (bicyclic) bond motifs is 1. The second kappa shape index (κ2) is 9.67. The van der Waals surface area contributed by atoms with E-state index in [1.807, 2.05) is 47.1 Å². The molecule has 1 aliphatic rings. The van der Waals surface area contributed by atoms with Crippen molar-refractivity contribution >= 4 is 15.9 Å². The van der Waals surface area contributed by atoms with Crippen molar-refractivity contribution in [2.75, 3.05) is 7.05 Å². The average Bonchev–Trinajstić information content (AvgIpc) is 2.99. The summed E-state index contributed by atoms with van der Waals surface area (Å²) >= 11 is 0. The van der Waals surface area contributed by atoms with E-state index < -0.39 is 10.0 Å². The van der Waals surface area contributed by atoms with Crippen molar-refractivity contribution in [2.45, 2.75) is 44.4 Å². The summed E-state index contributed by atoms with van der Waals surface area (Å²) in [6.45, 7) is 0.352. The van der Waals surface area contributed by atoms with Gasteiger partial charge in [-0.3, -0.25) is 4.79 Å². The van der Waals surface area contributed by atoms with Crippen LogP contribution in [0, 0.1) is 0 Å². The Morgan fingerprint density at radius 3 is 2.38 bits per heavy atom. The molecule has 2 aromatic carbocycles. The molecule has 2 N–H and O–H groups in total. The van der Waals surface area contributed by atoms with Crippen molar-refractivity contribution in [1.82, 2.24) is 19.8 Å². The summed E-state index contributed by atoms with van der Waals surface area (Å²) in [6.07, 6.45) is 5.09. The Balaban J connectivity index is 1.51. The quantitative estimate of drug-likeness (QED) is 0.539. The topological polar surface area (TPSA) is 93.1 Å². The summed E-state index contributed by atoms with van der Waals surface area (Å²) in [5.41, 5.74) is 5.25. The Morgan fingerprint density at radius 2 is 1.66 bits per heavy atom. The molecule has 0 saturated heterocycles. The highest BCUT2D eigenvalue weighted by molar-refractivity contribution is 7.88. The van der Waals surface area contributed by atoms with E-state index in [1.165, 1.54) is 7.05 Å². The van der Waals surface area contributed by atoms with Crippen LogP contribution in [0.1, 0.15) is 52.1 Å². The van der Waals surface area contributed by atoms with Crippen LogP contribution in [0.4, 0.5) is 0 Å². The van der Waals surface area contributed by atoms with Crippen LogP contribution >= 0.6 is 0 Å². The number of aromatic nitrogens is 2. The molecule has 0 radical (unpaired) electrons. The van der Waals surface area contributed by atoms with Crippen LogP contribution in [0.3, 0.4) is 0 Å². The smallest absolute Gasteiger partial charge is 0.272 e. The summed E-state index contributed by atoms with van der Waals surface area (Å²) in [5, 5.41) is 7.69. The highest BCUT2D eigenvalue weighted by Crippen LogP contribution is 2.26. The third kappa shape index (κ3) is 5.08. The minimum atomic E-state index is -3.31. The highest BCUT2D eigenvalue weighted by atomic mass is 32.2. The number of nitrogens with zero attached hydrogens (tertiary/aromatic N) is 2. The van der Waals surface area contributed by atoms with Gasteiger partial charge in [-0.1, -0.05) is 48.9 Å². The van der Waals surface area contributed by atoms with E-state index in [4.69, 9.17) is 5.10 Å². The van der Waals surface area contributed by atoms with Gasteiger partial charge in [0.2, 0.25) is 10.0 Å². The lowest BCUT2D eigenvalue weighted by Gasteiger charge is -2.07. The zero-order chi connectivity index (χ0) is 22.6. The van der Waals surface area contributed by atoms with E-state index in [0.717, 1.165) is 54.6 Å². The minimum Gasteiger partial charge on any atom is -0.347 e. The molecule has 1 aromatic heterocycles. The molecule has 3 aromatic rings. The molecular formula is C24H28N4O3S. The number of rotatable bonds is 7. The Morgan fingerprint density at radius 1 is 0.969 bits per heavy atom. The molecule has 8 heteroatoms. The van der Waals surface area contributed by atoms with Crippen molar-refractivity contribution in [3.05, 3.63) is 82.7 Å². The molecule has 0 fully saturated rings. The minimum absolute atomic E-state index is 0.0702. The van der Waals surface area contributed by atoms with Gasteiger partial charge < -0.3 is 5.32 Å². The van der Waals surface area contributed by atoms with Crippen molar-refractivity contribution in [3.63, 3.8) is 0 Å². The van der Waals surface area contributed by atoms with Gasteiger partial charge in [0.05, 0.1) is 11.4 Å². The number of sulfonamides is 1. The van der Waals surface area contributed by atoms with Crippen LogP contribution in [-0.4, -0.2) is 31.2 Å². The number of carbonyl (C=O) groups excluding carboxylic acids is 1. The lowest BCUT2D eigenvalue weighted by atomic mass is 10.1. The molecule has 0 bridgehead atoms. The van der Waals surface area contributed by atoms with Crippen LogP contribution in [-0.2, 0) is 35.2 Å². The fraction of sp³-hybridized carbons (Fsp3) is 0.333. The van der Waals surface area contributed by atoms with Gasteiger partial charge in [0, 0.05) is 17.8 Å². The number of amides is 1. The first kappa shape index (κ1) is 22.2. The van der Waals surface area contributed by atoms with Crippen LogP contribution in [0.15, 0.2) is 54.6 Å². The van der Waals surface area contributed by atoms with Gasteiger partial charge in [-0.25, -0.2) is 17.8 Å². The van der Waals surface area contributed by atoms with Crippen LogP contribution in [0.25, 0.3) is 5.69 Å². The summed E-state index contributed by atoms with van der Waals surface area (Å²) in [7, 11) is -1.91. The molecule has 168 valence electrons. The lowest BCUT2D eigenvalue weighted by Crippen LogP contribution is -2.24. The summed E-state index contributed by atoms with van der Waals surface area (Å²) in [4.78, 5) is 13.1. The molecular weight excluding hydrogens is 424 g/mol. The maximum atomic E-state index is 13.1. The predicted octanol–water partition coefficient (Wildman–Crippen LogP) is 3.12. The second-order valence-corrected chi connectivity index (χ2v) is 9.97. The number of hydrogen-bond acceptors (Lipinski definition) is 4. The van der Waals surface area contributed by atoms with Gasteiger partial charge in [0.25, 0.3) is 5.91 Å². The first-order valence-electron chi connectivity index (χ1n) is 10.9. The van der Waals surface area contributed by atoms with Crippen LogP contribution < -0.4 is 10.0 Å². The van der Waals surface area contributed by atoms with Gasteiger partial charge >= 0.3 is 0 Å². The molecule has 0 unspecified atom stereocenters. The SMILES string of the molecule is CNS(=O)(=O)Cc1ccc(CNC(=O)c2nn(-c3ccccc3)c3c2CCCCC3)cc1. The Labute approximate surface area is 188 Å². The van der Waals surface area contributed by atoms with Crippen LogP contribution in [0.2, 0.25) is 0 Å². The van der Waals surface area contributed by atoms with Crippen molar-refractivity contribution in [2.24, 2.45) is 0 Å². The van der Waals surface area contributed by atoms with E-state index in [2.05, 4.69) is 10.0 Å². The highest BCUT2D eigenvalue weighted by Gasteiger charge is 2.24. The predicted molar refractivity (Wildman–Crippen MR) is 124 cm³/mol. The zero-order valence-electron chi connectivity index (χ0n) is 18.2. The zero-order valence-corrected chi connectivity index (χ0v) is 19.0. The van der Waals surface area contributed by atoms with E-state index in [1.54, 1.807) is 12.1 Å². The largest absolute Gasteiger partial charge is 0.347 e. The molecule has 0 atom stereocenters.